The molecule has 18 heavy (non-hydrogen) atoms. The van der Waals surface area contributed by atoms with E-state index >= 15 is 0 Å². The van der Waals surface area contributed by atoms with Gasteiger partial charge in [-0.15, -0.1) is 0 Å². The van der Waals surface area contributed by atoms with E-state index in [0.29, 0.717) is 27.3 Å². The molecule has 0 amide bonds. The largest absolute Gasteiger partial charge is 0.379 e. The number of halogens is 3. The van der Waals surface area contributed by atoms with Crippen LogP contribution in [0.3, 0.4) is 0 Å². The van der Waals surface area contributed by atoms with Gasteiger partial charge in [0.25, 0.3) is 0 Å². The summed E-state index contributed by atoms with van der Waals surface area (Å²) in [5, 5.41) is 4.82. The average molecular weight is 301 g/mol. The number of rotatable bonds is 3. The van der Waals surface area contributed by atoms with Gasteiger partial charge in [-0.1, -0.05) is 64.6 Å². The molecule has 2 aromatic carbocycles. The lowest BCUT2D eigenvalue weighted by Crippen LogP contribution is -2.00. The summed E-state index contributed by atoms with van der Waals surface area (Å²) < 4.78 is 0. The van der Waals surface area contributed by atoms with E-state index in [4.69, 9.17) is 34.8 Å². The summed E-state index contributed by atoms with van der Waals surface area (Å²) in [5.74, 6) is 0. The summed E-state index contributed by atoms with van der Waals surface area (Å²) in [7, 11) is 0. The van der Waals surface area contributed by atoms with Crippen LogP contribution in [0.25, 0.3) is 0 Å². The van der Waals surface area contributed by atoms with Gasteiger partial charge < -0.3 is 5.32 Å². The van der Waals surface area contributed by atoms with Crippen molar-refractivity contribution in [2.75, 3.05) is 5.32 Å². The Morgan fingerprint density at radius 2 is 1.67 bits per heavy atom. The molecule has 0 saturated carbocycles. The zero-order chi connectivity index (χ0) is 13.1. The number of anilines is 1. The molecule has 0 fully saturated rings. The zero-order valence-corrected chi connectivity index (χ0v) is 12.1. The maximum Gasteiger partial charge on any atom is 0.0722 e. The molecule has 1 nitrogen and oxygen atoms in total. The first-order valence-corrected chi connectivity index (χ1v) is 6.63. The Morgan fingerprint density at radius 1 is 1.00 bits per heavy atom. The summed E-state index contributed by atoms with van der Waals surface area (Å²) in [6, 6.07) is 11.6. The van der Waals surface area contributed by atoms with E-state index in [1.54, 1.807) is 12.1 Å². The Kier molecular flexibility index (Phi) is 4.39. The second-order valence-electron chi connectivity index (χ2n) is 4.09. The molecule has 0 atom stereocenters. The van der Waals surface area contributed by atoms with Gasteiger partial charge >= 0.3 is 0 Å². The Labute approximate surface area is 122 Å². The van der Waals surface area contributed by atoms with Gasteiger partial charge in [0.2, 0.25) is 0 Å². The monoisotopic (exact) mass is 299 g/mol. The van der Waals surface area contributed by atoms with E-state index in [2.05, 4.69) is 30.4 Å². The van der Waals surface area contributed by atoms with Crippen molar-refractivity contribution in [3.63, 3.8) is 0 Å². The molecule has 0 radical (unpaired) electrons. The van der Waals surface area contributed by atoms with Gasteiger partial charge in [0.1, 0.15) is 0 Å². The van der Waals surface area contributed by atoms with Crippen LogP contribution in [0, 0.1) is 6.92 Å². The van der Waals surface area contributed by atoms with Crippen molar-refractivity contribution < 1.29 is 0 Å². The fourth-order valence-electron chi connectivity index (χ4n) is 1.72. The Morgan fingerprint density at radius 3 is 2.28 bits per heavy atom. The molecule has 4 heteroatoms. The number of nitrogens with one attached hydrogen (secondary N) is 1. The van der Waals surface area contributed by atoms with Crippen LogP contribution in [0.4, 0.5) is 5.69 Å². The lowest BCUT2D eigenvalue weighted by Gasteiger charge is -2.11. The van der Waals surface area contributed by atoms with Crippen LogP contribution in [-0.2, 0) is 6.54 Å². The Balaban J connectivity index is 2.16. The van der Waals surface area contributed by atoms with Crippen LogP contribution in [-0.4, -0.2) is 0 Å². The zero-order valence-electron chi connectivity index (χ0n) is 9.81. The van der Waals surface area contributed by atoms with E-state index in [1.807, 2.05) is 6.07 Å². The minimum atomic E-state index is 0.528. The fraction of sp³-hybridized carbons (Fsp3) is 0.143. The molecule has 0 spiro atoms. The van der Waals surface area contributed by atoms with Crippen molar-refractivity contribution in [2.45, 2.75) is 13.5 Å². The number of benzene rings is 2. The van der Waals surface area contributed by atoms with Crippen molar-refractivity contribution in [1.82, 2.24) is 0 Å². The molecule has 0 bridgehead atoms. The van der Waals surface area contributed by atoms with Gasteiger partial charge in [0.15, 0.2) is 0 Å². The number of hydrogen-bond donors (Lipinski definition) is 1. The maximum atomic E-state index is 6.10. The lowest BCUT2D eigenvalue weighted by atomic mass is 10.1. The summed E-state index contributed by atoms with van der Waals surface area (Å²) in [6.45, 7) is 2.73. The minimum absolute atomic E-state index is 0.528. The van der Waals surface area contributed by atoms with Crippen molar-refractivity contribution >= 4 is 40.5 Å². The third kappa shape index (κ3) is 3.32. The van der Waals surface area contributed by atoms with E-state index in [9.17, 15) is 0 Å². The normalized spacial score (nSPS) is 10.4. The number of aryl methyl sites for hydroxylation is 1. The lowest BCUT2D eigenvalue weighted by molar-refractivity contribution is 1.14. The first kappa shape index (κ1) is 13.5. The second kappa shape index (κ2) is 5.83. The Bertz CT molecular complexity index is 544. The molecule has 2 aromatic rings. The van der Waals surface area contributed by atoms with Crippen molar-refractivity contribution in [1.29, 1.82) is 0 Å². The molecule has 0 aromatic heterocycles. The molecule has 0 saturated heterocycles. The van der Waals surface area contributed by atoms with E-state index in [-0.39, 0.29) is 0 Å². The van der Waals surface area contributed by atoms with Crippen molar-refractivity contribution in [3.8, 4) is 0 Å². The summed E-state index contributed by atoms with van der Waals surface area (Å²) in [6.07, 6.45) is 0. The fourth-order valence-corrected chi connectivity index (χ4v) is 2.67. The predicted molar refractivity (Wildman–Crippen MR) is 80.0 cm³/mol. The third-order valence-corrected chi connectivity index (χ3v) is 3.37. The molecule has 2 rings (SSSR count). The van der Waals surface area contributed by atoms with Crippen LogP contribution in [0.1, 0.15) is 11.1 Å². The van der Waals surface area contributed by atoms with Crippen LogP contribution < -0.4 is 5.32 Å². The predicted octanol–water partition coefficient (Wildman–Crippen LogP) is 5.57. The topological polar surface area (TPSA) is 12.0 Å². The molecule has 0 aliphatic heterocycles. The average Bonchev–Trinajstić information content (AvgIpc) is 2.27. The molecule has 1 N–H and O–H groups in total. The number of hydrogen-bond acceptors (Lipinski definition) is 1. The summed E-state index contributed by atoms with van der Waals surface area (Å²) >= 11 is 18.1. The van der Waals surface area contributed by atoms with Gasteiger partial charge in [0.05, 0.1) is 15.7 Å². The highest BCUT2D eigenvalue weighted by Gasteiger charge is 2.07. The smallest absolute Gasteiger partial charge is 0.0722 e. The third-order valence-electron chi connectivity index (χ3n) is 2.56. The first-order chi connectivity index (χ1) is 8.56. The molecule has 0 aliphatic carbocycles. The van der Waals surface area contributed by atoms with E-state index in [0.717, 1.165) is 0 Å². The highest BCUT2D eigenvalue weighted by molar-refractivity contribution is 6.41. The van der Waals surface area contributed by atoms with Gasteiger partial charge in [0, 0.05) is 11.6 Å². The van der Waals surface area contributed by atoms with Gasteiger partial charge in [-0.25, -0.2) is 0 Å². The summed E-state index contributed by atoms with van der Waals surface area (Å²) in [4.78, 5) is 0. The van der Waals surface area contributed by atoms with Gasteiger partial charge in [-0.2, -0.15) is 0 Å². The van der Waals surface area contributed by atoms with Crippen LogP contribution in [0.15, 0.2) is 36.4 Å². The van der Waals surface area contributed by atoms with E-state index in [1.165, 1.54) is 11.1 Å². The SMILES string of the molecule is Cc1cccc(CNc2c(Cl)cc(Cl)cc2Cl)c1. The highest BCUT2D eigenvalue weighted by Crippen LogP contribution is 2.33. The molecule has 0 aliphatic rings. The molecule has 0 unspecified atom stereocenters. The van der Waals surface area contributed by atoms with Crippen molar-refractivity contribution in [3.05, 3.63) is 62.6 Å². The molecule has 94 valence electrons. The van der Waals surface area contributed by atoms with Crippen molar-refractivity contribution in [2.24, 2.45) is 0 Å². The second-order valence-corrected chi connectivity index (χ2v) is 5.34. The van der Waals surface area contributed by atoms with Gasteiger partial charge in [-0.05, 0) is 24.6 Å². The maximum absolute atomic E-state index is 6.10. The van der Waals surface area contributed by atoms with Crippen LogP contribution in [0.5, 0.6) is 0 Å². The molecular weight excluding hydrogens is 289 g/mol. The standard InChI is InChI=1S/C14H12Cl3N/c1-9-3-2-4-10(5-9)8-18-14-12(16)6-11(15)7-13(14)17/h2-7,18H,8H2,1H3. The quantitative estimate of drug-likeness (QED) is 0.781. The Hall–Kier alpha value is -0.890. The van der Waals surface area contributed by atoms with Crippen LogP contribution in [0.2, 0.25) is 15.1 Å². The van der Waals surface area contributed by atoms with E-state index < -0.39 is 0 Å². The molecule has 0 heterocycles. The summed E-state index contributed by atoms with van der Waals surface area (Å²) in [5.41, 5.74) is 3.11. The van der Waals surface area contributed by atoms with Gasteiger partial charge in [-0.3, -0.25) is 0 Å². The molecular formula is C14H12Cl3N. The minimum Gasteiger partial charge on any atom is -0.379 e. The van der Waals surface area contributed by atoms with Crippen LogP contribution >= 0.6 is 34.8 Å². The first-order valence-electron chi connectivity index (χ1n) is 5.50. The highest BCUT2D eigenvalue weighted by atomic mass is 35.5.